The summed E-state index contributed by atoms with van der Waals surface area (Å²) in [5.41, 5.74) is 0.765. The molecule has 0 fully saturated rings. The molecule has 0 aliphatic carbocycles. The first-order valence-corrected chi connectivity index (χ1v) is 6.63. The van der Waals surface area contributed by atoms with Crippen LogP contribution in [0.2, 0.25) is 0 Å². The molecule has 0 unspecified atom stereocenters. The summed E-state index contributed by atoms with van der Waals surface area (Å²) in [7, 11) is 0. The van der Waals surface area contributed by atoms with Gasteiger partial charge in [0, 0.05) is 11.6 Å². The number of fused-ring (bicyclic) bond motifs is 1. The van der Waals surface area contributed by atoms with Gasteiger partial charge in [0.15, 0.2) is 5.78 Å². The maximum atomic E-state index is 11.2. The summed E-state index contributed by atoms with van der Waals surface area (Å²) in [5.74, 6) is 0.140. The lowest BCUT2D eigenvalue weighted by atomic mass is 10.1. The Morgan fingerprint density at radius 2 is 1.95 bits per heavy atom. The molecule has 0 saturated carbocycles. The lowest BCUT2D eigenvalue weighted by Gasteiger charge is -1.99. The number of benzene rings is 2. The predicted molar refractivity (Wildman–Crippen MR) is 81.5 cm³/mol. The average molecular weight is 289 g/mol. The van der Waals surface area contributed by atoms with Crippen molar-refractivity contribution in [1.29, 1.82) is 5.26 Å². The Morgan fingerprint density at radius 1 is 1.18 bits per heavy atom. The van der Waals surface area contributed by atoms with Crippen LogP contribution >= 0.6 is 0 Å². The number of aromatic nitrogens is 2. The van der Waals surface area contributed by atoms with Gasteiger partial charge in [0.05, 0.1) is 0 Å². The molecule has 0 aliphatic rings. The SMILES string of the molecule is CC(=O)/C(C#N)=C/c1nnc(-c2ccc3ccccc3c2)o1. The van der Waals surface area contributed by atoms with Gasteiger partial charge in [-0.25, -0.2) is 0 Å². The third-order valence-corrected chi connectivity index (χ3v) is 3.20. The molecule has 0 bridgehead atoms. The summed E-state index contributed by atoms with van der Waals surface area (Å²) in [5, 5.41) is 18.9. The van der Waals surface area contributed by atoms with Crippen LogP contribution in [-0.2, 0) is 4.79 Å². The maximum absolute atomic E-state index is 11.2. The van der Waals surface area contributed by atoms with Crippen LogP contribution in [0.25, 0.3) is 28.3 Å². The van der Waals surface area contributed by atoms with E-state index in [0.717, 1.165) is 16.3 Å². The van der Waals surface area contributed by atoms with Crippen molar-refractivity contribution in [3.05, 3.63) is 53.9 Å². The molecule has 0 aliphatic heterocycles. The van der Waals surface area contributed by atoms with Crippen molar-refractivity contribution in [3.8, 4) is 17.5 Å². The fraction of sp³-hybridized carbons (Fsp3) is 0.0588. The monoisotopic (exact) mass is 289 g/mol. The number of hydrogen-bond donors (Lipinski definition) is 0. The molecule has 3 aromatic rings. The van der Waals surface area contributed by atoms with E-state index in [0.29, 0.717) is 5.89 Å². The van der Waals surface area contributed by atoms with Crippen molar-refractivity contribution < 1.29 is 9.21 Å². The van der Waals surface area contributed by atoms with E-state index in [9.17, 15) is 4.79 Å². The van der Waals surface area contributed by atoms with Crippen LogP contribution < -0.4 is 0 Å². The molecule has 0 spiro atoms. The summed E-state index contributed by atoms with van der Waals surface area (Å²) >= 11 is 0. The van der Waals surface area contributed by atoms with Crippen LogP contribution in [0, 0.1) is 11.3 Å². The van der Waals surface area contributed by atoms with Gasteiger partial charge in [0.25, 0.3) is 0 Å². The van der Waals surface area contributed by atoms with E-state index in [1.54, 1.807) is 6.07 Å². The number of nitrogens with zero attached hydrogens (tertiary/aromatic N) is 3. The molecule has 0 N–H and O–H groups in total. The molecule has 1 heterocycles. The van der Waals surface area contributed by atoms with E-state index < -0.39 is 0 Å². The molecule has 0 radical (unpaired) electrons. The zero-order chi connectivity index (χ0) is 15.5. The van der Waals surface area contributed by atoms with Gasteiger partial charge >= 0.3 is 0 Å². The fourth-order valence-electron chi connectivity index (χ4n) is 2.07. The number of hydrogen-bond acceptors (Lipinski definition) is 5. The lowest BCUT2D eigenvalue weighted by Crippen LogP contribution is -1.92. The van der Waals surface area contributed by atoms with Gasteiger partial charge in [-0.1, -0.05) is 30.3 Å². The first-order chi connectivity index (χ1) is 10.7. The van der Waals surface area contributed by atoms with Gasteiger partial charge in [0.2, 0.25) is 11.8 Å². The molecule has 0 amide bonds. The molecule has 5 heteroatoms. The van der Waals surface area contributed by atoms with Crippen LogP contribution in [0.3, 0.4) is 0 Å². The molecule has 22 heavy (non-hydrogen) atoms. The maximum Gasteiger partial charge on any atom is 0.248 e. The molecule has 0 saturated heterocycles. The van der Waals surface area contributed by atoms with E-state index >= 15 is 0 Å². The number of nitriles is 1. The number of Topliss-reactive ketones (excluding diaryl/α,β-unsaturated/α-hetero) is 1. The largest absolute Gasteiger partial charge is 0.417 e. The minimum Gasteiger partial charge on any atom is -0.417 e. The van der Waals surface area contributed by atoms with Gasteiger partial charge in [0.1, 0.15) is 11.6 Å². The second kappa shape index (κ2) is 5.62. The van der Waals surface area contributed by atoms with E-state index in [2.05, 4.69) is 10.2 Å². The molecule has 2 aromatic carbocycles. The summed E-state index contributed by atoms with van der Waals surface area (Å²) in [6.45, 7) is 1.32. The molecule has 1 aromatic heterocycles. The summed E-state index contributed by atoms with van der Waals surface area (Å²) in [6, 6.07) is 15.6. The predicted octanol–water partition coefficient (Wildman–Crippen LogP) is 3.39. The zero-order valence-corrected chi connectivity index (χ0v) is 11.8. The molecular formula is C17H11N3O2. The van der Waals surface area contributed by atoms with Crippen molar-refractivity contribution in [2.24, 2.45) is 0 Å². The first-order valence-electron chi connectivity index (χ1n) is 6.63. The standard InChI is InChI=1S/C17H11N3O2/c1-11(21)15(10-18)9-16-19-20-17(22-16)14-7-6-12-4-2-3-5-13(12)8-14/h2-9H,1H3/b15-9+. The Hall–Kier alpha value is -3.26. The van der Waals surface area contributed by atoms with Crippen molar-refractivity contribution >= 4 is 22.6 Å². The summed E-state index contributed by atoms with van der Waals surface area (Å²) in [6.07, 6.45) is 1.29. The quantitative estimate of drug-likeness (QED) is 0.545. The van der Waals surface area contributed by atoms with Crippen molar-refractivity contribution in [3.63, 3.8) is 0 Å². The highest BCUT2D eigenvalue weighted by Crippen LogP contribution is 2.23. The van der Waals surface area contributed by atoms with Crippen molar-refractivity contribution in [1.82, 2.24) is 10.2 Å². The van der Waals surface area contributed by atoms with Crippen molar-refractivity contribution in [2.45, 2.75) is 6.92 Å². The second-order valence-electron chi connectivity index (χ2n) is 4.73. The Labute approximate surface area is 126 Å². The number of allylic oxidation sites excluding steroid dienone is 1. The minimum atomic E-state index is -0.340. The van der Waals surface area contributed by atoms with Gasteiger partial charge in [-0.15, -0.1) is 10.2 Å². The third kappa shape index (κ3) is 2.63. The number of rotatable bonds is 3. The van der Waals surface area contributed by atoms with E-state index in [1.165, 1.54) is 13.0 Å². The summed E-state index contributed by atoms with van der Waals surface area (Å²) in [4.78, 5) is 11.2. The van der Waals surface area contributed by atoms with E-state index in [1.807, 2.05) is 42.5 Å². The number of carbonyl (C=O) groups excluding carboxylic acids is 1. The first kappa shape index (κ1) is 13.7. The number of ketones is 1. The van der Waals surface area contributed by atoms with Gasteiger partial charge in [-0.3, -0.25) is 4.79 Å². The Morgan fingerprint density at radius 3 is 2.68 bits per heavy atom. The average Bonchev–Trinajstić information content (AvgIpc) is 3.00. The molecule has 3 rings (SSSR count). The van der Waals surface area contributed by atoms with Crippen molar-refractivity contribution in [2.75, 3.05) is 0 Å². The lowest BCUT2D eigenvalue weighted by molar-refractivity contribution is -0.113. The van der Waals surface area contributed by atoms with Crippen LogP contribution in [0.5, 0.6) is 0 Å². The normalized spacial score (nSPS) is 11.4. The van der Waals surface area contributed by atoms with E-state index in [4.69, 9.17) is 9.68 Å². The van der Waals surface area contributed by atoms with Gasteiger partial charge < -0.3 is 4.42 Å². The molecule has 5 nitrogen and oxygen atoms in total. The highest BCUT2D eigenvalue weighted by molar-refractivity contribution is 6.01. The van der Waals surface area contributed by atoms with Crippen LogP contribution in [0.4, 0.5) is 0 Å². The number of carbonyl (C=O) groups is 1. The van der Waals surface area contributed by atoms with Crippen LogP contribution in [0.15, 0.2) is 52.5 Å². The fourth-order valence-corrected chi connectivity index (χ4v) is 2.07. The summed E-state index contributed by atoms with van der Waals surface area (Å²) < 4.78 is 5.50. The topological polar surface area (TPSA) is 79.8 Å². The Kier molecular flexibility index (Phi) is 3.50. The van der Waals surface area contributed by atoms with Crippen LogP contribution in [-0.4, -0.2) is 16.0 Å². The Balaban J connectivity index is 1.99. The zero-order valence-electron chi connectivity index (χ0n) is 11.8. The highest BCUT2D eigenvalue weighted by Gasteiger charge is 2.10. The van der Waals surface area contributed by atoms with Crippen LogP contribution in [0.1, 0.15) is 12.8 Å². The third-order valence-electron chi connectivity index (χ3n) is 3.20. The van der Waals surface area contributed by atoms with E-state index in [-0.39, 0.29) is 17.2 Å². The molecule has 106 valence electrons. The molecule has 0 atom stereocenters. The highest BCUT2D eigenvalue weighted by atomic mass is 16.4. The second-order valence-corrected chi connectivity index (χ2v) is 4.73. The van der Waals surface area contributed by atoms with Gasteiger partial charge in [-0.2, -0.15) is 5.26 Å². The molecular weight excluding hydrogens is 278 g/mol. The minimum absolute atomic E-state index is 0.0197. The van der Waals surface area contributed by atoms with Gasteiger partial charge in [-0.05, 0) is 29.8 Å². The smallest absolute Gasteiger partial charge is 0.248 e. The Bertz CT molecular complexity index is 932.